The summed E-state index contributed by atoms with van der Waals surface area (Å²) in [6.07, 6.45) is 3.47. The van der Waals surface area contributed by atoms with Gasteiger partial charge in [0.2, 0.25) is 0 Å². The van der Waals surface area contributed by atoms with Crippen molar-refractivity contribution in [2.24, 2.45) is 0 Å². The van der Waals surface area contributed by atoms with E-state index in [1.54, 1.807) is 17.1 Å². The summed E-state index contributed by atoms with van der Waals surface area (Å²) in [6.45, 7) is 5.52. The standard InChI is InChI=1S/C20H22N6O2/c1-15-19(23-24-26(15)14-16-5-7-21-8-6-16)20(27)22-17-3-2-4-18(13-17)25-9-11-28-12-10-25/h2-8,13H,9-12,14H2,1H3,(H,22,27). The van der Waals surface area contributed by atoms with Crippen molar-refractivity contribution in [2.75, 3.05) is 36.5 Å². The Morgan fingerprint density at radius 1 is 1.18 bits per heavy atom. The topological polar surface area (TPSA) is 85.2 Å². The fourth-order valence-electron chi connectivity index (χ4n) is 3.17. The number of nitrogens with one attached hydrogen (secondary N) is 1. The Morgan fingerprint density at radius 3 is 2.75 bits per heavy atom. The number of ether oxygens (including phenoxy) is 1. The third kappa shape index (κ3) is 4.01. The predicted molar refractivity (Wildman–Crippen MR) is 106 cm³/mol. The van der Waals surface area contributed by atoms with Gasteiger partial charge in [-0.1, -0.05) is 11.3 Å². The van der Waals surface area contributed by atoms with Crippen molar-refractivity contribution < 1.29 is 9.53 Å². The highest BCUT2D eigenvalue weighted by atomic mass is 16.5. The summed E-state index contributed by atoms with van der Waals surface area (Å²) in [5.74, 6) is -0.266. The Labute approximate surface area is 163 Å². The summed E-state index contributed by atoms with van der Waals surface area (Å²) < 4.78 is 7.12. The Morgan fingerprint density at radius 2 is 1.96 bits per heavy atom. The van der Waals surface area contributed by atoms with Crippen LogP contribution in [0.4, 0.5) is 11.4 Å². The van der Waals surface area contributed by atoms with Crippen LogP contribution in [-0.2, 0) is 11.3 Å². The third-order valence-corrected chi connectivity index (χ3v) is 4.76. The number of anilines is 2. The largest absolute Gasteiger partial charge is 0.378 e. The third-order valence-electron chi connectivity index (χ3n) is 4.76. The van der Waals surface area contributed by atoms with Crippen LogP contribution < -0.4 is 10.2 Å². The van der Waals surface area contributed by atoms with E-state index in [0.29, 0.717) is 12.2 Å². The van der Waals surface area contributed by atoms with Crippen LogP contribution in [-0.4, -0.2) is 52.2 Å². The number of morpholine rings is 1. The normalized spacial score (nSPS) is 14.1. The van der Waals surface area contributed by atoms with Crippen LogP contribution >= 0.6 is 0 Å². The van der Waals surface area contributed by atoms with E-state index in [1.807, 2.05) is 43.3 Å². The highest BCUT2D eigenvalue weighted by Crippen LogP contribution is 2.21. The van der Waals surface area contributed by atoms with Crippen molar-refractivity contribution in [1.29, 1.82) is 0 Å². The molecule has 144 valence electrons. The number of amides is 1. The number of carbonyl (C=O) groups excluding carboxylic acids is 1. The molecule has 1 fully saturated rings. The zero-order valence-corrected chi connectivity index (χ0v) is 15.7. The van der Waals surface area contributed by atoms with Gasteiger partial charge in [-0.2, -0.15) is 0 Å². The number of hydrogen-bond acceptors (Lipinski definition) is 6. The van der Waals surface area contributed by atoms with Crippen molar-refractivity contribution in [1.82, 2.24) is 20.0 Å². The van der Waals surface area contributed by atoms with E-state index in [0.717, 1.165) is 48.9 Å². The highest BCUT2D eigenvalue weighted by Gasteiger charge is 2.18. The number of carbonyl (C=O) groups is 1. The maximum Gasteiger partial charge on any atom is 0.278 e. The Bertz CT molecular complexity index is 950. The Balaban J connectivity index is 1.47. The Kier molecular flexibility index (Phi) is 5.29. The van der Waals surface area contributed by atoms with Crippen LogP contribution in [0, 0.1) is 6.92 Å². The van der Waals surface area contributed by atoms with Gasteiger partial charge in [-0.3, -0.25) is 9.78 Å². The molecule has 3 aromatic rings. The van der Waals surface area contributed by atoms with Gasteiger partial charge in [-0.25, -0.2) is 4.68 Å². The number of rotatable bonds is 5. The van der Waals surface area contributed by atoms with Gasteiger partial charge in [0.05, 0.1) is 25.5 Å². The van der Waals surface area contributed by atoms with E-state index in [1.165, 1.54) is 0 Å². The second-order valence-corrected chi connectivity index (χ2v) is 6.64. The molecule has 4 rings (SSSR count). The summed E-state index contributed by atoms with van der Waals surface area (Å²) in [5.41, 5.74) is 3.90. The molecular formula is C20H22N6O2. The van der Waals surface area contributed by atoms with Gasteiger partial charge in [-0.15, -0.1) is 5.10 Å². The molecule has 0 bridgehead atoms. The molecule has 2 aromatic heterocycles. The first-order valence-corrected chi connectivity index (χ1v) is 9.24. The van der Waals surface area contributed by atoms with Crippen LogP contribution in [0.2, 0.25) is 0 Å². The van der Waals surface area contributed by atoms with Crippen molar-refractivity contribution in [3.05, 3.63) is 65.7 Å². The second kappa shape index (κ2) is 8.18. The zero-order chi connectivity index (χ0) is 19.3. The fourth-order valence-corrected chi connectivity index (χ4v) is 3.17. The van der Waals surface area contributed by atoms with E-state index in [2.05, 4.69) is 25.5 Å². The van der Waals surface area contributed by atoms with Gasteiger partial charge in [0.15, 0.2) is 5.69 Å². The lowest BCUT2D eigenvalue weighted by Crippen LogP contribution is -2.36. The minimum atomic E-state index is -0.266. The summed E-state index contributed by atoms with van der Waals surface area (Å²) in [7, 11) is 0. The fraction of sp³-hybridized carbons (Fsp3) is 0.300. The van der Waals surface area contributed by atoms with Gasteiger partial charge in [0.25, 0.3) is 5.91 Å². The molecule has 0 saturated carbocycles. The Hall–Kier alpha value is -3.26. The van der Waals surface area contributed by atoms with Crippen LogP contribution in [0.5, 0.6) is 0 Å². The van der Waals surface area contributed by atoms with E-state index < -0.39 is 0 Å². The molecule has 0 aliphatic carbocycles. The van der Waals surface area contributed by atoms with Crippen LogP contribution in [0.15, 0.2) is 48.8 Å². The number of benzene rings is 1. The van der Waals surface area contributed by atoms with Crippen molar-refractivity contribution in [3.8, 4) is 0 Å². The molecule has 28 heavy (non-hydrogen) atoms. The summed E-state index contributed by atoms with van der Waals surface area (Å²) in [6, 6.07) is 11.7. The number of pyridine rings is 1. The summed E-state index contributed by atoms with van der Waals surface area (Å²) >= 11 is 0. The number of aromatic nitrogens is 4. The van der Waals surface area contributed by atoms with E-state index >= 15 is 0 Å². The quantitative estimate of drug-likeness (QED) is 0.732. The molecule has 0 spiro atoms. The first kappa shape index (κ1) is 18.1. The maximum absolute atomic E-state index is 12.7. The molecule has 0 radical (unpaired) electrons. The van der Waals surface area contributed by atoms with Crippen LogP contribution in [0.3, 0.4) is 0 Å². The molecule has 1 aliphatic rings. The average molecular weight is 378 g/mol. The zero-order valence-electron chi connectivity index (χ0n) is 15.7. The predicted octanol–water partition coefficient (Wildman–Crippen LogP) is 2.12. The monoisotopic (exact) mass is 378 g/mol. The molecule has 0 unspecified atom stereocenters. The average Bonchev–Trinajstić information content (AvgIpc) is 3.10. The lowest BCUT2D eigenvalue weighted by molar-refractivity contribution is 0.102. The lowest BCUT2D eigenvalue weighted by atomic mass is 10.2. The molecule has 1 amide bonds. The molecular weight excluding hydrogens is 356 g/mol. The lowest BCUT2D eigenvalue weighted by Gasteiger charge is -2.29. The van der Waals surface area contributed by atoms with Gasteiger partial charge < -0.3 is 15.0 Å². The van der Waals surface area contributed by atoms with Gasteiger partial charge >= 0.3 is 0 Å². The van der Waals surface area contributed by atoms with Gasteiger partial charge in [0, 0.05) is 36.9 Å². The molecule has 1 aromatic carbocycles. The molecule has 1 aliphatic heterocycles. The van der Waals surface area contributed by atoms with Gasteiger partial charge in [-0.05, 0) is 42.8 Å². The smallest absolute Gasteiger partial charge is 0.278 e. The summed E-state index contributed by atoms with van der Waals surface area (Å²) in [4.78, 5) is 19.0. The minimum absolute atomic E-state index is 0.266. The van der Waals surface area contributed by atoms with Crippen molar-refractivity contribution in [2.45, 2.75) is 13.5 Å². The van der Waals surface area contributed by atoms with E-state index in [9.17, 15) is 4.79 Å². The SMILES string of the molecule is Cc1c(C(=O)Nc2cccc(N3CCOCC3)c2)nnn1Cc1ccncc1. The van der Waals surface area contributed by atoms with E-state index in [-0.39, 0.29) is 5.91 Å². The molecule has 1 saturated heterocycles. The minimum Gasteiger partial charge on any atom is -0.378 e. The number of hydrogen-bond donors (Lipinski definition) is 1. The van der Waals surface area contributed by atoms with Crippen LogP contribution in [0.1, 0.15) is 21.7 Å². The first-order valence-electron chi connectivity index (χ1n) is 9.24. The molecule has 3 heterocycles. The summed E-state index contributed by atoms with van der Waals surface area (Å²) in [5, 5.41) is 11.1. The first-order chi connectivity index (χ1) is 13.7. The molecule has 8 heteroatoms. The molecule has 8 nitrogen and oxygen atoms in total. The molecule has 1 N–H and O–H groups in total. The maximum atomic E-state index is 12.7. The van der Waals surface area contributed by atoms with Crippen molar-refractivity contribution >= 4 is 17.3 Å². The van der Waals surface area contributed by atoms with Crippen molar-refractivity contribution in [3.63, 3.8) is 0 Å². The molecule has 0 atom stereocenters. The number of nitrogens with zero attached hydrogens (tertiary/aromatic N) is 5. The van der Waals surface area contributed by atoms with E-state index in [4.69, 9.17) is 4.74 Å². The second-order valence-electron chi connectivity index (χ2n) is 6.64. The van der Waals surface area contributed by atoms with Gasteiger partial charge in [0.1, 0.15) is 0 Å². The van der Waals surface area contributed by atoms with Crippen LogP contribution in [0.25, 0.3) is 0 Å². The highest BCUT2D eigenvalue weighted by molar-refractivity contribution is 6.03.